The minimum absolute atomic E-state index is 0.228. The highest BCUT2D eigenvalue weighted by molar-refractivity contribution is 6.23. The molecule has 0 bridgehead atoms. The van der Waals surface area contributed by atoms with Gasteiger partial charge >= 0.3 is 11.9 Å². The standard InChI is InChI=1S/2C11H16N2O2.C3H4O2/c2*1-3-7-5-6-9(11(14)15)10(13-12)8(7)4-2;1-3(5)2-4/h2*5-6,13H,3-4,12H2,1-2H3,(H,14,15);2H,1H3. The van der Waals surface area contributed by atoms with Crippen LogP contribution in [0, 0.1) is 0 Å². The number of Topliss-reactive ketones (excluding diaryl/α,β-unsaturated/α-hetero) is 1. The van der Waals surface area contributed by atoms with Crippen molar-refractivity contribution in [3.8, 4) is 0 Å². The Bertz CT molecular complexity index is 964. The largest absolute Gasteiger partial charge is 0.478 e. The highest BCUT2D eigenvalue weighted by Crippen LogP contribution is 2.26. The van der Waals surface area contributed by atoms with Crippen LogP contribution >= 0.6 is 0 Å². The first-order valence-corrected chi connectivity index (χ1v) is 11.2. The molecule has 192 valence electrons. The molecule has 0 radical (unpaired) electrons. The van der Waals surface area contributed by atoms with E-state index in [-0.39, 0.29) is 17.4 Å². The molecular formula is C25H36N4O6. The van der Waals surface area contributed by atoms with Gasteiger partial charge in [-0.1, -0.05) is 39.8 Å². The lowest BCUT2D eigenvalue weighted by molar-refractivity contribution is -0.128. The van der Waals surface area contributed by atoms with Crippen LogP contribution < -0.4 is 22.5 Å². The number of anilines is 2. The summed E-state index contributed by atoms with van der Waals surface area (Å²) in [5.41, 5.74) is 10.7. The van der Waals surface area contributed by atoms with Crippen LogP contribution in [-0.2, 0) is 35.3 Å². The number of benzene rings is 2. The summed E-state index contributed by atoms with van der Waals surface area (Å²) in [5, 5.41) is 18.0. The van der Waals surface area contributed by atoms with E-state index in [9.17, 15) is 14.4 Å². The quantitative estimate of drug-likeness (QED) is 0.132. The minimum Gasteiger partial charge on any atom is -0.478 e. The van der Waals surface area contributed by atoms with Gasteiger partial charge in [-0.05, 0) is 60.1 Å². The second-order valence-electron chi connectivity index (χ2n) is 7.29. The van der Waals surface area contributed by atoms with Crippen molar-refractivity contribution < 1.29 is 29.4 Å². The van der Waals surface area contributed by atoms with Gasteiger partial charge in [0.1, 0.15) is 0 Å². The highest BCUT2D eigenvalue weighted by atomic mass is 16.4. The first-order chi connectivity index (χ1) is 16.6. The van der Waals surface area contributed by atoms with E-state index in [1.807, 2.05) is 39.8 Å². The Balaban J connectivity index is 0.000000555. The van der Waals surface area contributed by atoms with E-state index in [4.69, 9.17) is 26.7 Å². The molecule has 0 amide bonds. The SMILES string of the molecule is CC(=O)C=O.CCc1ccc(C(=O)O)c(NN)c1CC.CCc1ccc(C(=O)O)c(NN)c1CC. The van der Waals surface area contributed by atoms with Crippen molar-refractivity contribution in [2.24, 2.45) is 11.7 Å². The van der Waals surface area contributed by atoms with E-state index in [0.29, 0.717) is 11.4 Å². The number of hydrogen-bond donors (Lipinski definition) is 6. The van der Waals surface area contributed by atoms with E-state index >= 15 is 0 Å². The molecular weight excluding hydrogens is 452 g/mol. The minimum atomic E-state index is -0.958. The maximum Gasteiger partial charge on any atom is 0.337 e. The molecule has 8 N–H and O–H groups in total. The van der Waals surface area contributed by atoms with Crippen LogP contribution in [-0.4, -0.2) is 34.2 Å². The van der Waals surface area contributed by atoms with Crippen molar-refractivity contribution in [2.75, 3.05) is 10.9 Å². The Hall–Kier alpha value is -3.76. The maximum atomic E-state index is 11.0. The summed E-state index contributed by atoms with van der Waals surface area (Å²) < 4.78 is 0. The van der Waals surface area contributed by atoms with Gasteiger partial charge in [0, 0.05) is 6.92 Å². The van der Waals surface area contributed by atoms with E-state index in [1.54, 1.807) is 12.1 Å². The smallest absolute Gasteiger partial charge is 0.337 e. The number of carboxylic acids is 2. The predicted molar refractivity (Wildman–Crippen MR) is 137 cm³/mol. The Morgan fingerprint density at radius 1 is 0.743 bits per heavy atom. The van der Waals surface area contributed by atoms with E-state index in [1.165, 1.54) is 6.92 Å². The van der Waals surface area contributed by atoms with Gasteiger partial charge in [-0.15, -0.1) is 0 Å². The lowest BCUT2D eigenvalue weighted by Crippen LogP contribution is -2.15. The van der Waals surface area contributed by atoms with Crippen molar-refractivity contribution in [1.82, 2.24) is 0 Å². The average molecular weight is 489 g/mol. The molecule has 0 saturated carbocycles. The zero-order valence-corrected chi connectivity index (χ0v) is 20.9. The van der Waals surface area contributed by atoms with Crippen LogP contribution in [0.5, 0.6) is 0 Å². The van der Waals surface area contributed by atoms with Crippen LogP contribution in [0.25, 0.3) is 0 Å². The molecule has 10 heteroatoms. The highest BCUT2D eigenvalue weighted by Gasteiger charge is 2.16. The van der Waals surface area contributed by atoms with Crippen molar-refractivity contribution in [1.29, 1.82) is 0 Å². The number of aromatic carboxylic acids is 2. The molecule has 0 spiro atoms. The lowest BCUT2D eigenvalue weighted by Gasteiger charge is -2.14. The summed E-state index contributed by atoms with van der Waals surface area (Å²) in [6.45, 7) is 9.26. The van der Waals surface area contributed by atoms with E-state index in [2.05, 4.69) is 10.9 Å². The molecule has 0 aromatic heterocycles. The molecule has 0 aliphatic heterocycles. The number of nitrogen functional groups attached to an aromatic ring is 2. The monoisotopic (exact) mass is 488 g/mol. The van der Waals surface area contributed by atoms with Crippen LogP contribution in [0.4, 0.5) is 11.4 Å². The summed E-state index contributed by atoms with van der Waals surface area (Å²) >= 11 is 0. The fourth-order valence-electron chi connectivity index (χ4n) is 3.54. The number of aryl methyl sites for hydroxylation is 2. The van der Waals surface area contributed by atoms with Gasteiger partial charge in [-0.25, -0.2) is 9.59 Å². The van der Waals surface area contributed by atoms with Crippen LogP contribution in [0.2, 0.25) is 0 Å². The number of hydrazine groups is 2. The molecule has 2 aromatic rings. The zero-order valence-electron chi connectivity index (χ0n) is 20.9. The number of carbonyl (C=O) groups is 4. The number of rotatable bonds is 9. The maximum absolute atomic E-state index is 11.0. The molecule has 0 aliphatic rings. The lowest BCUT2D eigenvalue weighted by atomic mass is 9.97. The summed E-state index contributed by atoms with van der Waals surface area (Å²) in [6, 6.07) is 6.89. The van der Waals surface area contributed by atoms with E-state index < -0.39 is 17.7 Å². The molecule has 0 aliphatic carbocycles. The van der Waals surface area contributed by atoms with Gasteiger partial charge < -0.3 is 21.1 Å². The van der Waals surface area contributed by atoms with E-state index in [0.717, 1.165) is 47.9 Å². The third-order valence-corrected chi connectivity index (χ3v) is 5.20. The Morgan fingerprint density at radius 3 is 1.23 bits per heavy atom. The number of nitrogens with two attached hydrogens (primary N) is 2. The van der Waals surface area contributed by atoms with Gasteiger partial charge in [-0.2, -0.15) is 0 Å². The number of carboxylic acid groups (broad SMARTS) is 2. The first-order valence-electron chi connectivity index (χ1n) is 11.2. The summed E-state index contributed by atoms with van der Waals surface area (Å²) in [6.07, 6.45) is 3.56. The molecule has 10 nitrogen and oxygen atoms in total. The summed E-state index contributed by atoms with van der Waals surface area (Å²) in [5.74, 6) is 8.41. The van der Waals surface area contributed by atoms with Crippen molar-refractivity contribution in [2.45, 2.75) is 60.3 Å². The van der Waals surface area contributed by atoms with Crippen molar-refractivity contribution in [3.63, 3.8) is 0 Å². The van der Waals surface area contributed by atoms with Gasteiger partial charge in [0.15, 0.2) is 12.1 Å². The molecule has 35 heavy (non-hydrogen) atoms. The van der Waals surface area contributed by atoms with Crippen molar-refractivity contribution >= 4 is 35.4 Å². The fraction of sp³-hybridized carbons (Fsp3) is 0.360. The average Bonchev–Trinajstić information content (AvgIpc) is 2.86. The first kappa shape index (κ1) is 31.2. The topological polar surface area (TPSA) is 185 Å². The molecule has 0 unspecified atom stereocenters. The second kappa shape index (κ2) is 16.0. The van der Waals surface area contributed by atoms with Crippen molar-refractivity contribution in [3.05, 3.63) is 57.6 Å². The molecule has 0 saturated heterocycles. The van der Waals surface area contributed by atoms with Crippen LogP contribution in [0.1, 0.15) is 77.6 Å². The molecule has 0 atom stereocenters. The number of carbonyl (C=O) groups excluding carboxylic acids is 2. The zero-order chi connectivity index (χ0) is 27.1. The summed E-state index contributed by atoms with van der Waals surface area (Å²) in [4.78, 5) is 40.5. The Labute approximate surface area is 205 Å². The van der Waals surface area contributed by atoms with Gasteiger partial charge in [0.25, 0.3) is 0 Å². The third kappa shape index (κ3) is 8.84. The number of ketones is 1. The predicted octanol–water partition coefficient (Wildman–Crippen LogP) is 3.36. The van der Waals surface area contributed by atoms with Gasteiger partial charge in [-0.3, -0.25) is 21.3 Å². The normalized spacial score (nSPS) is 9.57. The fourth-order valence-corrected chi connectivity index (χ4v) is 3.54. The second-order valence-corrected chi connectivity index (χ2v) is 7.29. The van der Waals surface area contributed by atoms with Crippen LogP contribution in [0.15, 0.2) is 24.3 Å². The Kier molecular flexibility index (Phi) is 14.3. The third-order valence-electron chi connectivity index (χ3n) is 5.20. The van der Waals surface area contributed by atoms with Crippen LogP contribution in [0.3, 0.4) is 0 Å². The molecule has 0 heterocycles. The number of aldehydes is 1. The van der Waals surface area contributed by atoms with Gasteiger partial charge in [0.05, 0.1) is 22.5 Å². The number of nitrogens with one attached hydrogen (secondary N) is 2. The molecule has 2 aromatic carbocycles. The number of hydrogen-bond acceptors (Lipinski definition) is 8. The Morgan fingerprint density at radius 2 is 1.06 bits per heavy atom. The summed E-state index contributed by atoms with van der Waals surface area (Å²) in [7, 11) is 0. The molecule has 2 rings (SSSR count). The molecule has 0 fully saturated rings. The van der Waals surface area contributed by atoms with Gasteiger partial charge in [0.2, 0.25) is 0 Å².